The van der Waals surface area contributed by atoms with Gasteiger partial charge in [-0.25, -0.2) is 4.79 Å². The molecule has 1 aliphatic carbocycles. The minimum absolute atomic E-state index is 0.258. The molecule has 1 unspecified atom stereocenters. The van der Waals surface area contributed by atoms with Gasteiger partial charge in [-0.2, -0.15) is 0 Å². The van der Waals surface area contributed by atoms with Crippen molar-refractivity contribution in [3.63, 3.8) is 0 Å². The zero-order valence-electron chi connectivity index (χ0n) is 7.37. The molecule has 0 aromatic carbocycles. The smallest absolute Gasteiger partial charge is 0.405 e. The van der Waals surface area contributed by atoms with Crippen LogP contribution in [-0.4, -0.2) is 29.1 Å². The first-order valence-electron chi connectivity index (χ1n) is 4.38. The molecule has 3 N–H and O–H groups in total. The molecule has 0 radical (unpaired) electrons. The lowest BCUT2D eigenvalue weighted by Gasteiger charge is -2.27. The minimum Gasteiger partial charge on any atom is -0.465 e. The Hall–Kier alpha value is -1.59. The fourth-order valence-electron chi connectivity index (χ4n) is 1.76. The number of carbonyl (C=O) groups excluding carboxylic acids is 2. The van der Waals surface area contributed by atoms with E-state index in [0.717, 1.165) is 12.8 Å². The summed E-state index contributed by atoms with van der Waals surface area (Å²) in [7, 11) is 0. The Balaban J connectivity index is 2.08. The van der Waals surface area contributed by atoms with E-state index in [1.807, 2.05) is 0 Å². The molecule has 1 aliphatic heterocycles. The summed E-state index contributed by atoms with van der Waals surface area (Å²) < 4.78 is 0. The summed E-state index contributed by atoms with van der Waals surface area (Å²) in [6.07, 6.45) is 0.535. The van der Waals surface area contributed by atoms with Crippen molar-refractivity contribution in [2.24, 2.45) is 5.41 Å². The second-order valence-corrected chi connectivity index (χ2v) is 3.80. The Morgan fingerprint density at radius 1 is 1.50 bits per heavy atom. The molecule has 6 heteroatoms. The number of piperidine rings is 1. The van der Waals surface area contributed by atoms with E-state index < -0.39 is 23.5 Å². The van der Waals surface area contributed by atoms with E-state index in [2.05, 4.69) is 10.6 Å². The number of imide groups is 1. The number of amides is 3. The molecule has 0 aromatic rings. The summed E-state index contributed by atoms with van der Waals surface area (Å²) in [4.78, 5) is 32.9. The number of hydrogen-bond donors (Lipinski definition) is 3. The summed E-state index contributed by atoms with van der Waals surface area (Å²) >= 11 is 0. The van der Waals surface area contributed by atoms with E-state index in [9.17, 15) is 14.4 Å². The van der Waals surface area contributed by atoms with E-state index in [-0.39, 0.29) is 5.91 Å². The van der Waals surface area contributed by atoms with Crippen molar-refractivity contribution in [1.29, 1.82) is 0 Å². The van der Waals surface area contributed by atoms with Crippen LogP contribution in [0.15, 0.2) is 0 Å². The first kappa shape index (κ1) is 8.98. The average Bonchev–Trinajstić information content (AvgIpc) is 2.81. The van der Waals surface area contributed by atoms with Crippen molar-refractivity contribution >= 4 is 17.9 Å². The van der Waals surface area contributed by atoms with Gasteiger partial charge < -0.3 is 10.4 Å². The van der Waals surface area contributed by atoms with Crippen LogP contribution in [-0.2, 0) is 9.59 Å². The molecule has 1 spiro atoms. The zero-order valence-corrected chi connectivity index (χ0v) is 7.37. The molecule has 2 rings (SSSR count). The van der Waals surface area contributed by atoms with E-state index in [1.165, 1.54) is 0 Å². The number of carboxylic acid groups (broad SMARTS) is 1. The molecule has 1 saturated heterocycles. The van der Waals surface area contributed by atoms with Crippen LogP contribution in [0.25, 0.3) is 0 Å². The summed E-state index contributed by atoms with van der Waals surface area (Å²) in [5.41, 5.74) is -0.471. The molecule has 0 aromatic heterocycles. The van der Waals surface area contributed by atoms with Crippen molar-refractivity contribution in [2.75, 3.05) is 0 Å². The number of rotatable bonds is 1. The van der Waals surface area contributed by atoms with Crippen LogP contribution in [0.2, 0.25) is 0 Å². The van der Waals surface area contributed by atoms with Crippen molar-refractivity contribution in [3.8, 4) is 0 Å². The molecule has 6 nitrogen and oxygen atoms in total. The van der Waals surface area contributed by atoms with Crippen molar-refractivity contribution in [1.82, 2.24) is 10.6 Å². The zero-order chi connectivity index (χ0) is 10.3. The lowest BCUT2D eigenvalue weighted by molar-refractivity contribution is -0.139. The lowest BCUT2D eigenvalue weighted by atomic mass is 9.91. The van der Waals surface area contributed by atoms with Crippen LogP contribution < -0.4 is 10.6 Å². The normalized spacial score (nSPS) is 28.4. The quantitative estimate of drug-likeness (QED) is 0.492. The van der Waals surface area contributed by atoms with Crippen LogP contribution in [0.5, 0.6) is 0 Å². The van der Waals surface area contributed by atoms with Crippen LogP contribution in [0.1, 0.15) is 19.3 Å². The van der Waals surface area contributed by atoms with Gasteiger partial charge in [0.25, 0.3) is 0 Å². The number of hydrogen-bond acceptors (Lipinski definition) is 3. The molecule has 3 amide bonds. The van der Waals surface area contributed by atoms with Gasteiger partial charge in [-0.15, -0.1) is 0 Å². The highest BCUT2D eigenvalue weighted by Gasteiger charge is 2.55. The van der Waals surface area contributed by atoms with Crippen molar-refractivity contribution in [2.45, 2.75) is 25.3 Å². The predicted octanol–water partition coefficient (Wildman–Crippen LogP) is -0.551. The molecule has 76 valence electrons. The lowest BCUT2D eigenvalue weighted by Crippen LogP contribution is -2.56. The van der Waals surface area contributed by atoms with Crippen LogP contribution >= 0.6 is 0 Å². The molecule has 1 atom stereocenters. The summed E-state index contributed by atoms with van der Waals surface area (Å²) in [6.45, 7) is 0. The van der Waals surface area contributed by atoms with Crippen molar-refractivity contribution in [3.05, 3.63) is 0 Å². The molecule has 1 saturated carbocycles. The number of nitrogens with one attached hydrogen (secondary N) is 2. The molecule has 14 heavy (non-hydrogen) atoms. The minimum atomic E-state index is -1.24. The fraction of sp³-hybridized carbons (Fsp3) is 0.625. The topological polar surface area (TPSA) is 95.5 Å². The molecule has 2 fully saturated rings. The first-order valence-corrected chi connectivity index (χ1v) is 4.38. The van der Waals surface area contributed by atoms with E-state index >= 15 is 0 Å². The Bertz CT molecular complexity index is 321. The van der Waals surface area contributed by atoms with Gasteiger partial charge in [0, 0.05) is 0 Å². The van der Waals surface area contributed by atoms with Gasteiger partial charge in [0.1, 0.15) is 6.04 Å². The highest BCUT2D eigenvalue weighted by Crippen LogP contribution is 2.51. The van der Waals surface area contributed by atoms with Gasteiger partial charge in [-0.3, -0.25) is 14.9 Å². The molecular formula is C8H10N2O4. The van der Waals surface area contributed by atoms with Gasteiger partial charge in [0.05, 0.1) is 5.41 Å². The Kier molecular flexibility index (Phi) is 1.73. The second kappa shape index (κ2) is 2.70. The van der Waals surface area contributed by atoms with Gasteiger partial charge in [-0.1, -0.05) is 0 Å². The maximum Gasteiger partial charge on any atom is 0.405 e. The summed E-state index contributed by atoms with van der Waals surface area (Å²) in [5, 5.41) is 12.7. The van der Waals surface area contributed by atoms with Gasteiger partial charge in [0.15, 0.2) is 0 Å². The highest BCUT2D eigenvalue weighted by atomic mass is 16.4. The van der Waals surface area contributed by atoms with Crippen LogP contribution in [0.4, 0.5) is 4.79 Å². The molecular weight excluding hydrogens is 188 g/mol. The molecule has 2 aliphatic rings. The highest BCUT2D eigenvalue weighted by molar-refractivity contribution is 6.05. The Morgan fingerprint density at radius 3 is 2.64 bits per heavy atom. The maximum atomic E-state index is 11.3. The van der Waals surface area contributed by atoms with E-state index in [4.69, 9.17) is 5.11 Å². The maximum absolute atomic E-state index is 11.3. The number of carbonyl (C=O) groups is 3. The van der Waals surface area contributed by atoms with Crippen molar-refractivity contribution < 1.29 is 19.5 Å². The van der Waals surface area contributed by atoms with Crippen LogP contribution in [0.3, 0.4) is 0 Å². The Labute approximate surface area is 79.7 Å². The SMILES string of the molecule is O=C(O)NC1CC2(CC2)C(=O)NC1=O. The third-order valence-corrected chi connectivity index (χ3v) is 2.78. The summed E-state index contributed by atoms with van der Waals surface area (Å²) in [5.74, 6) is -0.805. The first-order chi connectivity index (χ1) is 6.53. The average molecular weight is 198 g/mol. The van der Waals surface area contributed by atoms with Gasteiger partial charge in [-0.05, 0) is 19.3 Å². The predicted molar refractivity (Wildman–Crippen MR) is 44.4 cm³/mol. The monoisotopic (exact) mass is 198 g/mol. The fourth-order valence-corrected chi connectivity index (χ4v) is 1.76. The van der Waals surface area contributed by atoms with E-state index in [0.29, 0.717) is 6.42 Å². The Morgan fingerprint density at radius 2 is 2.14 bits per heavy atom. The van der Waals surface area contributed by atoms with Gasteiger partial charge in [0.2, 0.25) is 11.8 Å². The second-order valence-electron chi connectivity index (χ2n) is 3.80. The standard InChI is InChI=1S/C8H10N2O4/c11-5-4(9-7(13)14)3-8(1-2-8)6(12)10-5/h4,9H,1-3H2,(H,13,14)(H,10,11,12). The third-order valence-electron chi connectivity index (χ3n) is 2.78. The third kappa shape index (κ3) is 1.32. The molecule has 1 heterocycles. The van der Waals surface area contributed by atoms with Gasteiger partial charge >= 0.3 is 6.09 Å². The van der Waals surface area contributed by atoms with Crippen LogP contribution in [0, 0.1) is 5.41 Å². The largest absolute Gasteiger partial charge is 0.465 e. The van der Waals surface area contributed by atoms with E-state index in [1.54, 1.807) is 0 Å². The summed E-state index contributed by atoms with van der Waals surface area (Å²) in [6, 6.07) is -0.785. The molecule has 0 bridgehead atoms.